The summed E-state index contributed by atoms with van der Waals surface area (Å²) in [6, 6.07) is 15.8. The number of anilines is 1. The van der Waals surface area contributed by atoms with Crippen molar-refractivity contribution in [2.45, 2.75) is 12.8 Å². The molecule has 144 valence electrons. The molecule has 1 saturated heterocycles. The summed E-state index contributed by atoms with van der Waals surface area (Å²) < 4.78 is 12.0. The molecule has 27 heavy (non-hydrogen) atoms. The zero-order valence-electron chi connectivity index (χ0n) is 15.6. The van der Waals surface area contributed by atoms with E-state index in [-0.39, 0.29) is 5.91 Å². The SMILES string of the molecule is COc1cccc(N2CCN(C(=O)CCCOc3cccc(Br)c3)CC2)c1. The average molecular weight is 433 g/mol. The maximum Gasteiger partial charge on any atom is 0.222 e. The summed E-state index contributed by atoms with van der Waals surface area (Å²) in [6.07, 6.45) is 1.24. The van der Waals surface area contributed by atoms with Crippen LogP contribution in [0.2, 0.25) is 0 Å². The maximum atomic E-state index is 12.4. The van der Waals surface area contributed by atoms with Crippen molar-refractivity contribution in [3.63, 3.8) is 0 Å². The average Bonchev–Trinajstić information content (AvgIpc) is 2.71. The van der Waals surface area contributed by atoms with E-state index in [4.69, 9.17) is 9.47 Å². The highest BCUT2D eigenvalue weighted by molar-refractivity contribution is 9.10. The number of rotatable bonds is 7. The van der Waals surface area contributed by atoms with Crippen LogP contribution in [0.15, 0.2) is 53.0 Å². The Labute approximate surface area is 169 Å². The number of ether oxygens (including phenoxy) is 2. The summed E-state index contributed by atoms with van der Waals surface area (Å²) in [4.78, 5) is 16.7. The Morgan fingerprint density at radius 3 is 2.52 bits per heavy atom. The van der Waals surface area contributed by atoms with Crippen molar-refractivity contribution in [3.8, 4) is 11.5 Å². The van der Waals surface area contributed by atoms with Crippen LogP contribution in [0.5, 0.6) is 11.5 Å². The molecular weight excluding hydrogens is 408 g/mol. The van der Waals surface area contributed by atoms with Crippen molar-refractivity contribution in [3.05, 3.63) is 53.0 Å². The summed E-state index contributed by atoms with van der Waals surface area (Å²) in [6.45, 7) is 3.73. The fourth-order valence-corrected chi connectivity index (χ4v) is 3.53. The van der Waals surface area contributed by atoms with Gasteiger partial charge in [-0.25, -0.2) is 0 Å². The number of hydrogen-bond donors (Lipinski definition) is 0. The van der Waals surface area contributed by atoms with Gasteiger partial charge in [0.15, 0.2) is 0 Å². The van der Waals surface area contributed by atoms with Crippen LogP contribution in [0.3, 0.4) is 0 Å². The van der Waals surface area contributed by atoms with E-state index in [9.17, 15) is 4.79 Å². The molecule has 0 radical (unpaired) electrons. The van der Waals surface area contributed by atoms with Crippen molar-refractivity contribution < 1.29 is 14.3 Å². The normalized spacial score (nSPS) is 14.1. The van der Waals surface area contributed by atoms with E-state index in [1.54, 1.807) is 7.11 Å². The lowest BCUT2D eigenvalue weighted by atomic mass is 10.2. The molecular formula is C21H25BrN2O3. The van der Waals surface area contributed by atoms with E-state index in [1.165, 1.54) is 0 Å². The summed E-state index contributed by atoms with van der Waals surface area (Å²) >= 11 is 3.42. The number of methoxy groups -OCH3 is 1. The Hall–Kier alpha value is -2.21. The lowest BCUT2D eigenvalue weighted by Crippen LogP contribution is -2.48. The van der Waals surface area contributed by atoms with Gasteiger partial charge >= 0.3 is 0 Å². The Balaban J connectivity index is 1.39. The minimum atomic E-state index is 0.207. The van der Waals surface area contributed by atoms with Crippen molar-refractivity contribution in [1.82, 2.24) is 4.90 Å². The van der Waals surface area contributed by atoms with Crippen LogP contribution in [-0.4, -0.2) is 50.7 Å². The topological polar surface area (TPSA) is 42.0 Å². The van der Waals surface area contributed by atoms with Crippen molar-refractivity contribution in [2.24, 2.45) is 0 Å². The third-order valence-electron chi connectivity index (χ3n) is 4.65. The van der Waals surface area contributed by atoms with E-state index in [1.807, 2.05) is 47.4 Å². The van der Waals surface area contributed by atoms with Gasteiger partial charge in [-0.3, -0.25) is 4.79 Å². The van der Waals surface area contributed by atoms with Crippen LogP contribution >= 0.6 is 15.9 Å². The number of piperazine rings is 1. The molecule has 0 saturated carbocycles. The molecule has 2 aromatic rings. The van der Waals surface area contributed by atoms with Crippen LogP contribution in [0.1, 0.15) is 12.8 Å². The van der Waals surface area contributed by atoms with Crippen LogP contribution in [0, 0.1) is 0 Å². The number of amides is 1. The van der Waals surface area contributed by atoms with E-state index in [0.29, 0.717) is 13.0 Å². The zero-order valence-corrected chi connectivity index (χ0v) is 17.2. The van der Waals surface area contributed by atoms with E-state index < -0.39 is 0 Å². The van der Waals surface area contributed by atoms with Crippen LogP contribution in [-0.2, 0) is 4.79 Å². The number of carbonyl (C=O) groups excluding carboxylic acids is 1. The van der Waals surface area contributed by atoms with Gasteiger partial charge in [-0.1, -0.05) is 28.1 Å². The van der Waals surface area contributed by atoms with Gasteiger partial charge in [0.1, 0.15) is 11.5 Å². The van der Waals surface area contributed by atoms with Gasteiger partial charge < -0.3 is 19.3 Å². The molecule has 1 fully saturated rings. The van der Waals surface area contributed by atoms with Crippen molar-refractivity contribution >= 4 is 27.5 Å². The smallest absolute Gasteiger partial charge is 0.222 e. The van der Waals surface area contributed by atoms with Gasteiger partial charge in [0.25, 0.3) is 0 Å². The monoisotopic (exact) mass is 432 g/mol. The highest BCUT2D eigenvalue weighted by Crippen LogP contribution is 2.22. The first-order valence-corrected chi connectivity index (χ1v) is 10.00. The molecule has 3 rings (SSSR count). The first-order valence-electron chi connectivity index (χ1n) is 9.21. The first kappa shape index (κ1) is 19.5. The third kappa shape index (κ3) is 5.63. The molecule has 1 heterocycles. The van der Waals surface area contributed by atoms with Crippen LogP contribution in [0.4, 0.5) is 5.69 Å². The number of carbonyl (C=O) groups is 1. The van der Waals surface area contributed by atoms with Gasteiger partial charge in [0, 0.05) is 48.8 Å². The highest BCUT2D eigenvalue weighted by atomic mass is 79.9. The molecule has 5 nitrogen and oxygen atoms in total. The third-order valence-corrected chi connectivity index (χ3v) is 5.14. The van der Waals surface area contributed by atoms with E-state index in [0.717, 1.165) is 54.3 Å². The largest absolute Gasteiger partial charge is 0.497 e. The Kier molecular flexibility index (Phi) is 6.98. The Morgan fingerprint density at radius 2 is 1.78 bits per heavy atom. The minimum absolute atomic E-state index is 0.207. The van der Waals surface area contributed by atoms with Gasteiger partial charge in [0.05, 0.1) is 13.7 Å². The standard InChI is InChI=1S/C21H25BrN2O3/c1-26-19-7-3-6-18(16-19)23-10-12-24(13-11-23)21(25)9-4-14-27-20-8-2-5-17(22)15-20/h2-3,5-8,15-16H,4,9-14H2,1H3. The molecule has 1 aliphatic rings. The molecule has 0 aromatic heterocycles. The van der Waals surface area contributed by atoms with Gasteiger partial charge in [0.2, 0.25) is 5.91 Å². The highest BCUT2D eigenvalue weighted by Gasteiger charge is 2.21. The summed E-state index contributed by atoms with van der Waals surface area (Å²) in [5.41, 5.74) is 1.14. The van der Waals surface area contributed by atoms with Crippen molar-refractivity contribution in [1.29, 1.82) is 0 Å². The molecule has 1 aliphatic heterocycles. The first-order chi connectivity index (χ1) is 13.2. The van der Waals surface area contributed by atoms with Gasteiger partial charge in [-0.2, -0.15) is 0 Å². The van der Waals surface area contributed by atoms with Crippen LogP contribution in [0.25, 0.3) is 0 Å². The molecule has 0 atom stereocenters. The molecule has 1 amide bonds. The lowest BCUT2D eigenvalue weighted by molar-refractivity contribution is -0.131. The summed E-state index contributed by atoms with van der Waals surface area (Å²) in [7, 11) is 1.68. The van der Waals surface area contributed by atoms with Gasteiger partial charge in [-0.15, -0.1) is 0 Å². The zero-order chi connectivity index (χ0) is 19.1. The molecule has 0 spiro atoms. The number of nitrogens with zero attached hydrogens (tertiary/aromatic N) is 2. The van der Waals surface area contributed by atoms with Crippen LogP contribution < -0.4 is 14.4 Å². The maximum absolute atomic E-state index is 12.4. The van der Waals surface area contributed by atoms with Gasteiger partial charge in [-0.05, 0) is 36.8 Å². The molecule has 0 unspecified atom stereocenters. The van der Waals surface area contributed by atoms with Crippen molar-refractivity contribution in [2.75, 3.05) is 44.8 Å². The molecule has 6 heteroatoms. The Bertz CT molecular complexity index is 761. The second kappa shape index (κ2) is 9.65. The fourth-order valence-electron chi connectivity index (χ4n) is 3.15. The Morgan fingerprint density at radius 1 is 1.04 bits per heavy atom. The van der Waals surface area contributed by atoms with E-state index >= 15 is 0 Å². The number of benzene rings is 2. The molecule has 0 aliphatic carbocycles. The second-order valence-electron chi connectivity index (χ2n) is 6.48. The lowest BCUT2D eigenvalue weighted by Gasteiger charge is -2.36. The quantitative estimate of drug-likeness (QED) is 0.620. The van der Waals surface area contributed by atoms with E-state index in [2.05, 4.69) is 26.9 Å². The summed E-state index contributed by atoms with van der Waals surface area (Å²) in [5, 5.41) is 0. The fraction of sp³-hybridized carbons (Fsp3) is 0.381. The minimum Gasteiger partial charge on any atom is -0.497 e. The molecule has 0 bridgehead atoms. The second-order valence-corrected chi connectivity index (χ2v) is 7.39. The predicted molar refractivity (Wildman–Crippen MR) is 111 cm³/mol. The molecule has 0 N–H and O–H groups in total. The number of hydrogen-bond acceptors (Lipinski definition) is 4. The molecule has 2 aromatic carbocycles. The number of halogens is 1. The summed E-state index contributed by atoms with van der Waals surface area (Å²) in [5.74, 6) is 1.89. The predicted octanol–water partition coefficient (Wildman–Crippen LogP) is 3.97.